The summed E-state index contributed by atoms with van der Waals surface area (Å²) < 4.78 is 2.31. The number of nitrogens with one attached hydrogen (secondary N) is 1. The van der Waals surface area contributed by atoms with Crippen molar-refractivity contribution in [3.8, 4) is 5.75 Å². The van der Waals surface area contributed by atoms with Crippen LogP contribution < -0.4 is 5.32 Å². The highest BCUT2D eigenvalue weighted by Gasteiger charge is 2.11. The van der Waals surface area contributed by atoms with E-state index in [-0.39, 0.29) is 0 Å². The van der Waals surface area contributed by atoms with Gasteiger partial charge in [0.1, 0.15) is 5.75 Å². The highest BCUT2D eigenvalue weighted by atomic mass is 16.3. The van der Waals surface area contributed by atoms with E-state index in [1.165, 1.54) is 11.2 Å². The van der Waals surface area contributed by atoms with Gasteiger partial charge in [-0.25, -0.2) is 0 Å². The fraction of sp³-hybridized carbons (Fsp3) is 0.273. The van der Waals surface area contributed by atoms with E-state index in [1.807, 2.05) is 12.1 Å². The first-order valence-corrected chi connectivity index (χ1v) is 4.86. The minimum atomic E-state index is 0.341. The van der Waals surface area contributed by atoms with E-state index in [9.17, 15) is 5.11 Å². The highest BCUT2D eigenvalue weighted by molar-refractivity contribution is 5.82. The third-order valence-corrected chi connectivity index (χ3v) is 2.79. The summed E-state index contributed by atoms with van der Waals surface area (Å²) in [6.45, 7) is 2.97. The SMILES string of the molecule is Oc1ccc2c(c1)cc1n2CCNC1. The number of phenolic OH excluding ortho intramolecular Hbond substituents is 1. The molecular formula is C11H12N2O. The number of nitrogens with zero attached hydrogens (tertiary/aromatic N) is 1. The monoisotopic (exact) mass is 188 g/mol. The number of benzene rings is 1. The summed E-state index contributed by atoms with van der Waals surface area (Å²) in [6, 6.07) is 7.69. The second-order valence-electron chi connectivity index (χ2n) is 3.71. The van der Waals surface area contributed by atoms with Crippen LogP contribution in [-0.2, 0) is 13.1 Å². The lowest BCUT2D eigenvalue weighted by molar-refractivity contribution is 0.476. The van der Waals surface area contributed by atoms with Crippen LogP contribution in [0.4, 0.5) is 0 Å². The van der Waals surface area contributed by atoms with Crippen molar-refractivity contribution in [2.75, 3.05) is 6.54 Å². The first-order valence-electron chi connectivity index (χ1n) is 4.86. The van der Waals surface area contributed by atoms with E-state index in [0.29, 0.717) is 5.75 Å². The molecule has 0 radical (unpaired) electrons. The summed E-state index contributed by atoms with van der Waals surface area (Å²) in [7, 11) is 0. The van der Waals surface area contributed by atoms with Gasteiger partial charge in [0.05, 0.1) is 0 Å². The van der Waals surface area contributed by atoms with Gasteiger partial charge in [0.15, 0.2) is 0 Å². The van der Waals surface area contributed by atoms with E-state index in [1.54, 1.807) is 6.07 Å². The number of rotatable bonds is 0. The van der Waals surface area contributed by atoms with Gasteiger partial charge in [-0.15, -0.1) is 0 Å². The molecule has 14 heavy (non-hydrogen) atoms. The number of hydrogen-bond acceptors (Lipinski definition) is 2. The van der Waals surface area contributed by atoms with Crippen molar-refractivity contribution >= 4 is 10.9 Å². The van der Waals surface area contributed by atoms with Crippen LogP contribution in [0.2, 0.25) is 0 Å². The van der Waals surface area contributed by atoms with Crippen LogP contribution in [0.15, 0.2) is 24.3 Å². The molecule has 2 aromatic rings. The minimum absolute atomic E-state index is 0.341. The van der Waals surface area contributed by atoms with Gasteiger partial charge in [0.25, 0.3) is 0 Å². The maximum Gasteiger partial charge on any atom is 0.116 e. The van der Waals surface area contributed by atoms with Gasteiger partial charge < -0.3 is 15.0 Å². The minimum Gasteiger partial charge on any atom is -0.508 e. The molecule has 0 amide bonds. The molecule has 1 aromatic heterocycles. The zero-order valence-corrected chi connectivity index (χ0v) is 7.83. The van der Waals surface area contributed by atoms with Crippen molar-refractivity contribution < 1.29 is 5.11 Å². The van der Waals surface area contributed by atoms with Crippen molar-refractivity contribution in [1.82, 2.24) is 9.88 Å². The third kappa shape index (κ3) is 1.02. The molecule has 0 saturated heterocycles. The van der Waals surface area contributed by atoms with Crippen molar-refractivity contribution in [3.63, 3.8) is 0 Å². The predicted octanol–water partition coefficient (Wildman–Crippen LogP) is 1.45. The number of phenols is 1. The Morgan fingerprint density at radius 2 is 2.21 bits per heavy atom. The van der Waals surface area contributed by atoms with Crippen molar-refractivity contribution in [2.24, 2.45) is 0 Å². The molecule has 0 bridgehead atoms. The van der Waals surface area contributed by atoms with Crippen molar-refractivity contribution in [1.29, 1.82) is 0 Å². The zero-order valence-electron chi connectivity index (χ0n) is 7.83. The molecule has 3 rings (SSSR count). The summed E-state index contributed by atoms with van der Waals surface area (Å²) in [6.07, 6.45) is 0. The van der Waals surface area contributed by atoms with Crippen LogP contribution in [-0.4, -0.2) is 16.2 Å². The van der Waals surface area contributed by atoms with Gasteiger partial charge >= 0.3 is 0 Å². The first kappa shape index (κ1) is 7.88. The lowest BCUT2D eigenvalue weighted by Gasteiger charge is -2.16. The van der Waals surface area contributed by atoms with Crippen LogP contribution in [0.1, 0.15) is 5.69 Å². The molecule has 1 aliphatic rings. The third-order valence-electron chi connectivity index (χ3n) is 2.79. The van der Waals surface area contributed by atoms with Crippen molar-refractivity contribution in [3.05, 3.63) is 30.0 Å². The fourth-order valence-corrected chi connectivity index (χ4v) is 2.13. The molecule has 72 valence electrons. The maximum atomic E-state index is 9.37. The highest BCUT2D eigenvalue weighted by Crippen LogP contribution is 2.24. The van der Waals surface area contributed by atoms with Gasteiger partial charge in [-0.1, -0.05) is 0 Å². The topological polar surface area (TPSA) is 37.2 Å². The number of fused-ring (bicyclic) bond motifs is 3. The van der Waals surface area contributed by atoms with E-state index in [4.69, 9.17) is 0 Å². The van der Waals surface area contributed by atoms with E-state index in [2.05, 4.69) is 16.0 Å². The quantitative estimate of drug-likeness (QED) is 0.656. The fourth-order valence-electron chi connectivity index (χ4n) is 2.13. The molecule has 3 heteroatoms. The number of aromatic nitrogens is 1. The molecule has 3 nitrogen and oxygen atoms in total. The Hall–Kier alpha value is -1.48. The summed E-state index contributed by atoms with van der Waals surface area (Å²) in [5.41, 5.74) is 2.52. The second-order valence-corrected chi connectivity index (χ2v) is 3.71. The van der Waals surface area contributed by atoms with Crippen LogP contribution in [0.5, 0.6) is 5.75 Å². The van der Waals surface area contributed by atoms with Crippen LogP contribution in [0.3, 0.4) is 0 Å². The molecule has 0 unspecified atom stereocenters. The summed E-state index contributed by atoms with van der Waals surface area (Å²) in [4.78, 5) is 0. The van der Waals surface area contributed by atoms with Crippen molar-refractivity contribution in [2.45, 2.75) is 13.1 Å². The first-order chi connectivity index (χ1) is 6.84. The van der Waals surface area contributed by atoms with Gasteiger partial charge in [0.2, 0.25) is 0 Å². The predicted molar refractivity (Wildman–Crippen MR) is 55.3 cm³/mol. The molecule has 0 aliphatic carbocycles. The Balaban J connectivity index is 2.31. The van der Waals surface area contributed by atoms with Crippen LogP contribution >= 0.6 is 0 Å². The Morgan fingerprint density at radius 1 is 1.29 bits per heavy atom. The van der Waals surface area contributed by atoms with Crippen LogP contribution in [0.25, 0.3) is 10.9 Å². The Bertz CT molecular complexity index is 487. The van der Waals surface area contributed by atoms with Gasteiger partial charge in [-0.3, -0.25) is 0 Å². The molecular weight excluding hydrogens is 176 g/mol. The molecule has 0 saturated carbocycles. The lowest BCUT2D eigenvalue weighted by Crippen LogP contribution is -2.27. The van der Waals surface area contributed by atoms with E-state index < -0.39 is 0 Å². The molecule has 2 N–H and O–H groups in total. The van der Waals surface area contributed by atoms with Gasteiger partial charge in [0, 0.05) is 36.2 Å². The average molecular weight is 188 g/mol. The molecule has 2 heterocycles. The molecule has 0 fully saturated rings. The Kier molecular flexibility index (Phi) is 1.55. The second kappa shape index (κ2) is 2.75. The van der Waals surface area contributed by atoms with Gasteiger partial charge in [-0.2, -0.15) is 0 Å². The molecule has 0 spiro atoms. The van der Waals surface area contributed by atoms with E-state index in [0.717, 1.165) is 25.0 Å². The smallest absolute Gasteiger partial charge is 0.116 e. The maximum absolute atomic E-state index is 9.37. The standard InChI is InChI=1S/C11H12N2O/c14-10-1-2-11-8(6-10)5-9-7-12-3-4-13(9)11/h1-2,5-6,12,14H,3-4,7H2. The molecule has 0 atom stereocenters. The zero-order chi connectivity index (χ0) is 9.54. The molecule has 1 aromatic carbocycles. The van der Waals surface area contributed by atoms with Gasteiger partial charge in [-0.05, 0) is 24.3 Å². The largest absolute Gasteiger partial charge is 0.508 e. The number of hydrogen-bond donors (Lipinski definition) is 2. The Morgan fingerprint density at radius 3 is 3.14 bits per heavy atom. The number of aromatic hydroxyl groups is 1. The summed E-state index contributed by atoms with van der Waals surface area (Å²) in [5.74, 6) is 0.341. The Labute approximate surface area is 82.0 Å². The summed E-state index contributed by atoms with van der Waals surface area (Å²) in [5, 5.41) is 13.8. The average Bonchev–Trinajstić information content (AvgIpc) is 2.54. The summed E-state index contributed by atoms with van der Waals surface area (Å²) >= 11 is 0. The van der Waals surface area contributed by atoms with Crippen LogP contribution in [0, 0.1) is 0 Å². The molecule has 1 aliphatic heterocycles. The lowest BCUT2D eigenvalue weighted by atomic mass is 10.2. The normalized spacial score (nSPS) is 15.7. The van der Waals surface area contributed by atoms with E-state index >= 15 is 0 Å².